The maximum atomic E-state index is 14.1. The van der Waals surface area contributed by atoms with Crippen molar-refractivity contribution in [2.45, 2.75) is 348 Å². The number of aliphatic hydroxyl groups excluding tert-OH is 6. The average molecular weight is 1200 g/mol. The van der Waals surface area contributed by atoms with Crippen LogP contribution >= 0.6 is 0 Å². The molecule has 7 N–H and O–H groups in total. The van der Waals surface area contributed by atoms with Gasteiger partial charge in [-0.2, -0.15) is 8.42 Å². The van der Waals surface area contributed by atoms with Crippen molar-refractivity contribution < 1.29 is 81.1 Å². The SMILES string of the molecule is CCCCCCCCCCCCCCCCC[C@H](O)[C@H](C)C[C@H](C)C[C@H](C)C[C@H](C)C[C@H](C)C[C@@H](C)C(=O)O[C@@H]1[C@H](O[C@H]2O[C@H](CO)[C@@H](O)[C@H](O)[C@H]2OS(=O)(=O)O)O[C@@H](CO)[C@H](O)[C@H]1OC(=O)CCCCCCCCCCCCCCC. The van der Waals surface area contributed by atoms with Crippen molar-refractivity contribution in [3.63, 3.8) is 0 Å². The number of unbranched alkanes of at least 4 members (excludes halogenated alkanes) is 26. The highest BCUT2D eigenvalue weighted by Gasteiger charge is 2.55. The Hall–Kier alpha value is -1.55. The monoisotopic (exact) mass is 1190 g/mol. The van der Waals surface area contributed by atoms with Gasteiger partial charge in [0.05, 0.1) is 25.2 Å². The summed E-state index contributed by atoms with van der Waals surface area (Å²) in [5.41, 5.74) is 0. The van der Waals surface area contributed by atoms with Gasteiger partial charge in [0, 0.05) is 6.42 Å². The van der Waals surface area contributed by atoms with E-state index in [1.54, 1.807) is 6.92 Å². The minimum absolute atomic E-state index is 0.0262. The molecule has 0 aliphatic carbocycles. The lowest BCUT2D eigenvalue weighted by Gasteiger charge is -2.46. The van der Waals surface area contributed by atoms with E-state index in [4.69, 9.17) is 23.7 Å². The fourth-order valence-corrected chi connectivity index (χ4v) is 13.1. The molecule has 17 nitrogen and oxygen atoms in total. The number of aliphatic hydroxyl groups is 6. The van der Waals surface area contributed by atoms with Gasteiger partial charge < -0.3 is 54.3 Å². The zero-order valence-corrected chi connectivity index (χ0v) is 53.4. The van der Waals surface area contributed by atoms with E-state index in [0.29, 0.717) is 30.6 Å². The van der Waals surface area contributed by atoms with Gasteiger partial charge in [-0.3, -0.25) is 14.1 Å². The maximum Gasteiger partial charge on any atom is 0.397 e. The average Bonchev–Trinajstić information content (AvgIpc) is 3.49. The van der Waals surface area contributed by atoms with Crippen LogP contribution in [0.5, 0.6) is 0 Å². The van der Waals surface area contributed by atoms with Crippen LogP contribution in [0.2, 0.25) is 0 Å². The van der Waals surface area contributed by atoms with Crippen LogP contribution in [-0.2, 0) is 47.9 Å². The molecule has 0 radical (unpaired) electrons. The third-order valence-electron chi connectivity index (χ3n) is 17.2. The molecule has 0 unspecified atom stereocenters. The molecular weight excluding hydrogens is 1070 g/mol. The first kappa shape index (κ1) is 76.5. The number of ether oxygens (including phenoxy) is 5. The van der Waals surface area contributed by atoms with Crippen LogP contribution in [0.15, 0.2) is 0 Å². The van der Waals surface area contributed by atoms with Crippen molar-refractivity contribution in [1.29, 1.82) is 0 Å². The topological polar surface area (TPSA) is 265 Å². The zero-order valence-electron chi connectivity index (χ0n) is 52.6. The highest BCUT2D eigenvalue weighted by molar-refractivity contribution is 7.80. The van der Waals surface area contributed by atoms with E-state index in [2.05, 4.69) is 52.6 Å². The molecule has 0 aromatic rings. The van der Waals surface area contributed by atoms with Crippen LogP contribution in [0.1, 0.15) is 280 Å². The van der Waals surface area contributed by atoms with Crippen LogP contribution in [0.25, 0.3) is 0 Å². The lowest BCUT2D eigenvalue weighted by atomic mass is 9.81. The van der Waals surface area contributed by atoms with Gasteiger partial charge in [0.15, 0.2) is 24.6 Å². The van der Waals surface area contributed by atoms with Gasteiger partial charge in [-0.15, -0.1) is 0 Å². The van der Waals surface area contributed by atoms with E-state index in [0.717, 1.165) is 64.2 Å². The molecule has 0 aromatic heterocycles. The summed E-state index contributed by atoms with van der Waals surface area (Å²) in [5, 5.41) is 64.3. The van der Waals surface area contributed by atoms with Crippen molar-refractivity contribution in [3.8, 4) is 0 Å². The molecule has 17 atom stereocenters. The molecular formula is C64H122O17S. The lowest BCUT2D eigenvalue weighted by molar-refractivity contribution is -0.374. The summed E-state index contributed by atoms with van der Waals surface area (Å²) >= 11 is 0. The maximum absolute atomic E-state index is 14.1. The van der Waals surface area contributed by atoms with Gasteiger partial charge in [0.2, 0.25) is 6.29 Å². The summed E-state index contributed by atoms with van der Waals surface area (Å²) in [6, 6.07) is 0. The second kappa shape index (κ2) is 44.8. The summed E-state index contributed by atoms with van der Waals surface area (Å²) in [6.45, 7) is 15.5. The third-order valence-corrected chi connectivity index (χ3v) is 17.7. The second-order valence-electron chi connectivity index (χ2n) is 25.7. The third kappa shape index (κ3) is 33.0. The Balaban J connectivity index is 1.98. The molecule has 0 amide bonds. The van der Waals surface area contributed by atoms with Crippen LogP contribution in [0, 0.1) is 35.5 Å². The Morgan fingerprint density at radius 2 is 0.854 bits per heavy atom. The summed E-state index contributed by atoms with van der Waals surface area (Å²) < 4.78 is 67.4. The minimum Gasteiger partial charge on any atom is -0.455 e. The van der Waals surface area contributed by atoms with Crippen molar-refractivity contribution in [3.05, 3.63) is 0 Å². The fraction of sp³-hybridized carbons (Fsp3) is 0.969. The first-order valence-corrected chi connectivity index (χ1v) is 34.5. The number of carbonyl (C=O) groups excluding carboxylic acids is 2. The molecule has 18 heteroatoms. The fourth-order valence-electron chi connectivity index (χ4n) is 12.6. The number of hydrogen-bond acceptors (Lipinski definition) is 16. The van der Waals surface area contributed by atoms with Crippen LogP contribution in [0.3, 0.4) is 0 Å². The van der Waals surface area contributed by atoms with Crippen molar-refractivity contribution in [2.24, 2.45) is 35.5 Å². The number of rotatable bonds is 50. The molecule has 0 saturated carbocycles. The van der Waals surface area contributed by atoms with Crippen LogP contribution < -0.4 is 0 Å². The highest BCUT2D eigenvalue weighted by atomic mass is 32.3. The molecule has 486 valence electrons. The second-order valence-corrected chi connectivity index (χ2v) is 26.7. The standard InChI is InChI=1S/C64H122O17S/c1-9-11-13-15-17-19-21-23-24-26-27-29-31-33-35-37-52(67)50(7)42-48(5)40-46(3)39-47(4)41-49(6)43-51(8)62(72)79-61-59(78-55(68)38-36-34-32-30-28-25-22-20-18-16-14-12-10-2)57(70)54(45-66)77-64(61)80-63-60(81-82(73,74)75)58(71)56(69)53(44-65)76-63/h46-54,56-61,63-67,69-71H,9-45H2,1-8H3,(H,73,74,75)/t46-,47+,48-,49+,50-,51-,52+,53-,54+,56-,57+,58+,59-,60-,61+,63-,64+/m1/s1. The number of carbonyl (C=O) groups is 2. The van der Waals surface area contributed by atoms with E-state index in [1.165, 1.54) is 141 Å². The van der Waals surface area contributed by atoms with E-state index >= 15 is 0 Å². The summed E-state index contributed by atoms with van der Waals surface area (Å²) in [6.07, 6.45) is 20.6. The van der Waals surface area contributed by atoms with Crippen molar-refractivity contribution in [2.75, 3.05) is 13.2 Å². The molecule has 82 heavy (non-hydrogen) atoms. The predicted molar refractivity (Wildman–Crippen MR) is 321 cm³/mol. The molecule has 2 saturated heterocycles. The Morgan fingerprint density at radius 3 is 1.28 bits per heavy atom. The number of hydrogen-bond donors (Lipinski definition) is 7. The Kier molecular flexibility index (Phi) is 41.8. The Morgan fingerprint density at radius 1 is 0.476 bits per heavy atom. The molecule has 2 heterocycles. The Bertz CT molecular complexity index is 1710. The first-order valence-electron chi connectivity index (χ1n) is 33.1. The van der Waals surface area contributed by atoms with E-state index < -0.39 is 103 Å². The summed E-state index contributed by atoms with van der Waals surface area (Å²) in [7, 11) is -5.33. The molecule has 2 rings (SSSR count). The smallest absolute Gasteiger partial charge is 0.397 e. The first-order chi connectivity index (χ1) is 39.1. The molecule has 2 fully saturated rings. The van der Waals surface area contributed by atoms with E-state index in [-0.39, 0.29) is 24.4 Å². The normalized spacial score (nSPS) is 25.9. The molecule has 0 bridgehead atoms. The van der Waals surface area contributed by atoms with Crippen LogP contribution in [0.4, 0.5) is 0 Å². The van der Waals surface area contributed by atoms with Gasteiger partial charge in [0.25, 0.3) is 0 Å². The molecule has 0 aromatic carbocycles. The predicted octanol–water partition coefficient (Wildman–Crippen LogP) is 12.4. The Labute approximate surface area is 497 Å². The molecule has 2 aliphatic rings. The zero-order chi connectivity index (χ0) is 60.9. The quantitative estimate of drug-likeness (QED) is 0.0170. The molecule has 2 aliphatic heterocycles. The highest BCUT2D eigenvalue weighted by Crippen LogP contribution is 2.35. The van der Waals surface area contributed by atoms with Gasteiger partial charge in [-0.05, 0) is 74.5 Å². The van der Waals surface area contributed by atoms with E-state index in [1.807, 2.05) is 0 Å². The van der Waals surface area contributed by atoms with Gasteiger partial charge in [-0.25, -0.2) is 4.18 Å². The van der Waals surface area contributed by atoms with Crippen molar-refractivity contribution >= 4 is 22.3 Å². The summed E-state index contributed by atoms with van der Waals surface area (Å²) in [5.74, 6) is -0.641. The largest absolute Gasteiger partial charge is 0.455 e. The van der Waals surface area contributed by atoms with Gasteiger partial charge in [0.1, 0.15) is 30.5 Å². The summed E-state index contributed by atoms with van der Waals surface area (Å²) in [4.78, 5) is 27.6. The minimum atomic E-state index is -5.33. The van der Waals surface area contributed by atoms with Gasteiger partial charge >= 0.3 is 22.3 Å². The molecule has 0 spiro atoms. The lowest BCUT2D eigenvalue weighted by Crippen LogP contribution is -2.65. The number of esters is 2. The van der Waals surface area contributed by atoms with Crippen molar-refractivity contribution in [1.82, 2.24) is 0 Å². The van der Waals surface area contributed by atoms with Crippen LogP contribution in [-0.4, -0.2) is 136 Å². The van der Waals surface area contributed by atoms with E-state index in [9.17, 15) is 53.2 Å². The van der Waals surface area contributed by atoms with Gasteiger partial charge in [-0.1, -0.05) is 229 Å².